The fourth-order valence-electron chi connectivity index (χ4n) is 1.97. The van der Waals surface area contributed by atoms with Gasteiger partial charge >= 0.3 is 5.69 Å². The lowest BCUT2D eigenvalue weighted by molar-refractivity contribution is 0.387. The van der Waals surface area contributed by atoms with E-state index >= 15 is 0 Å². The minimum Gasteiger partial charge on any atom is -0.480 e. The number of aromatic nitrogens is 4. The first-order chi connectivity index (χ1) is 9.19. The van der Waals surface area contributed by atoms with Crippen molar-refractivity contribution in [3.8, 4) is 17.1 Å². The van der Waals surface area contributed by atoms with Crippen molar-refractivity contribution in [2.45, 2.75) is 18.8 Å². The molecule has 0 saturated heterocycles. The molecule has 7 heteroatoms. The molecule has 1 aliphatic carbocycles. The van der Waals surface area contributed by atoms with Crippen LogP contribution in [0.15, 0.2) is 21.9 Å². The van der Waals surface area contributed by atoms with E-state index < -0.39 is 11.2 Å². The molecule has 0 bridgehead atoms. The number of hydrogen-bond donors (Lipinski definition) is 2. The summed E-state index contributed by atoms with van der Waals surface area (Å²) < 4.78 is 5.17. The van der Waals surface area contributed by atoms with Crippen LogP contribution in [-0.4, -0.2) is 27.3 Å². The van der Waals surface area contributed by atoms with Crippen LogP contribution in [0.3, 0.4) is 0 Å². The predicted molar refractivity (Wildman–Crippen MR) is 67.2 cm³/mol. The van der Waals surface area contributed by atoms with Crippen LogP contribution < -0.4 is 16.0 Å². The number of nitrogens with one attached hydrogen (secondary N) is 2. The number of hydrogen-bond acceptors (Lipinski definition) is 5. The van der Waals surface area contributed by atoms with E-state index in [-0.39, 0.29) is 5.56 Å². The smallest absolute Gasteiger partial charge is 0.325 e. The highest BCUT2D eigenvalue weighted by molar-refractivity contribution is 5.58. The summed E-state index contributed by atoms with van der Waals surface area (Å²) in [5.41, 5.74) is 0.651. The molecule has 0 amide bonds. The van der Waals surface area contributed by atoms with Gasteiger partial charge in [0.05, 0.1) is 12.7 Å². The third-order valence-corrected chi connectivity index (χ3v) is 3.09. The molecule has 0 aliphatic heterocycles. The Morgan fingerprint density at radius 1 is 1.32 bits per heavy atom. The van der Waals surface area contributed by atoms with Crippen molar-refractivity contribution in [3.05, 3.63) is 38.7 Å². The van der Waals surface area contributed by atoms with Crippen molar-refractivity contribution in [2.24, 2.45) is 0 Å². The average molecular weight is 260 g/mol. The van der Waals surface area contributed by atoms with Crippen molar-refractivity contribution in [1.82, 2.24) is 20.2 Å². The maximum Gasteiger partial charge on any atom is 0.325 e. The number of methoxy groups -OCH3 is 1. The molecule has 2 N–H and O–H groups in total. The van der Waals surface area contributed by atoms with Gasteiger partial charge in [0, 0.05) is 11.8 Å². The number of ether oxygens (including phenoxy) is 1. The second-order valence-electron chi connectivity index (χ2n) is 4.45. The summed E-state index contributed by atoms with van der Waals surface area (Å²) in [5.74, 6) is 0.915. The molecule has 19 heavy (non-hydrogen) atoms. The topological polar surface area (TPSA) is 101 Å². The molecule has 0 atom stereocenters. The number of aromatic amines is 2. The van der Waals surface area contributed by atoms with Gasteiger partial charge in [-0.3, -0.25) is 9.78 Å². The summed E-state index contributed by atoms with van der Waals surface area (Å²) in [6.45, 7) is 0. The third-order valence-electron chi connectivity index (χ3n) is 3.09. The fourth-order valence-corrected chi connectivity index (χ4v) is 1.97. The summed E-state index contributed by atoms with van der Waals surface area (Å²) in [6.07, 6.45) is 3.52. The van der Waals surface area contributed by atoms with Crippen LogP contribution in [0.4, 0.5) is 0 Å². The van der Waals surface area contributed by atoms with E-state index in [9.17, 15) is 9.59 Å². The largest absolute Gasteiger partial charge is 0.480 e. The Morgan fingerprint density at radius 2 is 2.11 bits per heavy atom. The molecule has 2 aromatic rings. The summed E-state index contributed by atoms with van der Waals surface area (Å²) >= 11 is 0. The zero-order chi connectivity index (χ0) is 13.4. The Balaban J connectivity index is 2.12. The molecule has 0 unspecified atom stereocenters. The first kappa shape index (κ1) is 11.6. The Kier molecular flexibility index (Phi) is 2.66. The molecule has 98 valence electrons. The summed E-state index contributed by atoms with van der Waals surface area (Å²) in [7, 11) is 1.54. The second kappa shape index (κ2) is 4.34. The highest BCUT2D eigenvalue weighted by atomic mass is 16.5. The van der Waals surface area contributed by atoms with E-state index in [0.29, 0.717) is 17.5 Å². The molecule has 0 aromatic carbocycles. The maximum atomic E-state index is 11.7. The van der Waals surface area contributed by atoms with Crippen LogP contribution in [-0.2, 0) is 0 Å². The minimum atomic E-state index is -0.544. The van der Waals surface area contributed by atoms with E-state index in [1.807, 2.05) is 0 Å². The first-order valence-corrected chi connectivity index (χ1v) is 5.93. The zero-order valence-electron chi connectivity index (χ0n) is 10.3. The normalized spacial score (nSPS) is 14.4. The molecule has 1 aliphatic rings. The van der Waals surface area contributed by atoms with Crippen LogP contribution in [0.1, 0.15) is 24.3 Å². The van der Waals surface area contributed by atoms with Crippen molar-refractivity contribution in [1.29, 1.82) is 0 Å². The van der Waals surface area contributed by atoms with Gasteiger partial charge in [-0.05, 0) is 24.8 Å². The quantitative estimate of drug-likeness (QED) is 0.832. The van der Waals surface area contributed by atoms with E-state index in [2.05, 4.69) is 20.2 Å². The summed E-state index contributed by atoms with van der Waals surface area (Å²) in [5, 5.41) is 7.95. The highest BCUT2D eigenvalue weighted by Crippen LogP contribution is 2.43. The molecule has 0 spiro atoms. The summed E-state index contributed by atoms with van der Waals surface area (Å²) in [4.78, 5) is 27.3. The molecule has 3 rings (SSSR count). The number of H-pyrrole nitrogens is 2. The first-order valence-electron chi connectivity index (χ1n) is 5.93. The van der Waals surface area contributed by atoms with Crippen LogP contribution in [0.2, 0.25) is 0 Å². The number of rotatable bonds is 3. The molecular formula is C12H12N4O3. The van der Waals surface area contributed by atoms with Crippen molar-refractivity contribution in [3.63, 3.8) is 0 Å². The van der Waals surface area contributed by atoms with Gasteiger partial charge in [0.15, 0.2) is 0 Å². The van der Waals surface area contributed by atoms with E-state index in [1.165, 1.54) is 6.20 Å². The van der Waals surface area contributed by atoms with Gasteiger partial charge in [0.2, 0.25) is 5.88 Å². The fraction of sp³-hybridized carbons (Fsp3) is 0.333. The van der Waals surface area contributed by atoms with Crippen LogP contribution in [0.25, 0.3) is 11.3 Å². The van der Waals surface area contributed by atoms with E-state index in [1.54, 1.807) is 13.2 Å². The van der Waals surface area contributed by atoms with Crippen molar-refractivity contribution < 1.29 is 4.74 Å². The Morgan fingerprint density at radius 3 is 2.74 bits per heavy atom. The average Bonchev–Trinajstić information content (AvgIpc) is 3.22. The van der Waals surface area contributed by atoms with Crippen LogP contribution in [0.5, 0.6) is 5.88 Å². The van der Waals surface area contributed by atoms with E-state index in [0.717, 1.165) is 18.4 Å². The number of nitrogens with zero attached hydrogens (tertiary/aromatic N) is 2. The van der Waals surface area contributed by atoms with Crippen molar-refractivity contribution >= 4 is 0 Å². The van der Waals surface area contributed by atoms with E-state index in [4.69, 9.17) is 4.74 Å². The molecule has 1 fully saturated rings. The van der Waals surface area contributed by atoms with Gasteiger partial charge in [-0.15, -0.1) is 10.2 Å². The van der Waals surface area contributed by atoms with Gasteiger partial charge in [-0.1, -0.05) is 0 Å². The molecule has 0 radical (unpaired) electrons. The Labute approximate surface area is 107 Å². The molecular weight excluding hydrogens is 248 g/mol. The summed E-state index contributed by atoms with van der Waals surface area (Å²) in [6, 6.07) is 1.80. The lowest BCUT2D eigenvalue weighted by Gasteiger charge is -2.07. The van der Waals surface area contributed by atoms with Crippen molar-refractivity contribution in [2.75, 3.05) is 7.11 Å². The Hall–Kier alpha value is -2.44. The lowest BCUT2D eigenvalue weighted by Crippen LogP contribution is -2.23. The molecule has 2 aromatic heterocycles. The van der Waals surface area contributed by atoms with Gasteiger partial charge in [0.25, 0.3) is 5.56 Å². The van der Waals surface area contributed by atoms with Gasteiger partial charge in [0.1, 0.15) is 5.69 Å². The minimum absolute atomic E-state index is 0.289. The molecule has 7 nitrogen and oxygen atoms in total. The highest BCUT2D eigenvalue weighted by Gasteiger charge is 2.28. The van der Waals surface area contributed by atoms with Gasteiger partial charge in [-0.25, -0.2) is 4.79 Å². The lowest BCUT2D eigenvalue weighted by atomic mass is 10.1. The molecule has 2 heterocycles. The monoisotopic (exact) mass is 260 g/mol. The maximum absolute atomic E-state index is 11.7. The van der Waals surface area contributed by atoms with Crippen LogP contribution in [0, 0.1) is 0 Å². The Bertz CT molecular complexity index is 730. The van der Waals surface area contributed by atoms with Gasteiger partial charge in [-0.2, -0.15) is 0 Å². The zero-order valence-corrected chi connectivity index (χ0v) is 10.3. The SMILES string of the molecule is COc1nnc(-c2c[nH]c(=O)[nH]c2=O)cc1C1CC1. The molecule has 1 saturated carbocycles. The second-order valence-corrected chi connectivity index (χ2v) is 4.45. The standard InChI is InChI=1S/C12H12N4O3/c1-19-11-7(6-2-3-6)4-9(15-16-11)8-5-13-12(18)14-10(8)17/h4-6H,2-3H2,1H3,(H2,13,14,17,18). The third kappa shape index (κ3) is 2.14. The van der Waals surface area contributed by atoms with Crippen LogP contribution >= 0.6 is 0 Å². The van der Waals surface area contributed by atoms with Gasteiger partial charge < -0.3 is 9.72 Å². The predicted octanol–water partition coefficient (Wildman–Crippen LogP) is 0.406.